The van der Waals surface area contributed by atoms with Crippen molar-refractivity contribution < 1.29 is 0 Å². The quantitative estimate of drug-likeness (QED) is 0.216. The Morgan fingerprint density at radius 1 is 0.368 bits per heavy atom. The molecule has 1 aliphatic rings. The smallest absolute Gasteiger partial charge is 0.00262 e. The van der Waals surface area contributed by atoms with E-state index >= 15 is 0 Å². The summed E-state index contributed by atoms with van der Waals surface area (Å²) in [4.78, 5) is 0. The van der Waals surface area contributed by atoms with Gasteiger partial charge in [-0.1, -0.05) is 133 Å². The average Bonchev–Trinajstić information content (AvgIpc) is 3.30. The van der Waals surface area contributed by atoms with Crippen molar-refractivity contribution in [3.8, 4) is 22.3 Å². The molecule has 0 saturated carbocycles. The fraction of sp³-hybridized carbons (Fsp3) is 0. The van der Waals surface area contributed by atoms with E-state index in [-0.39, 0.29) is 0 Å². The second kappa shape index (κ2) is 8.30. The van der Waals surface area contributed by atoms with Crippen LogP contribution in [0.25, 0.3) is 66.2 Å². The van der Waals surface area contributed by atoms with Gasteiger partial charge in [-0.3, -0.25) is 0 Å². The summed E-state index contributed by atoms with van der Waals surface area (Å²) in [6, 6.07) is 50.9. The van der Waals surface area contributed by atoms with E-state index in [0.717, 1.165) is 0 Å². The SMILES string of the molecule is C(=C1c2ccccc2-c2ccccc21)c1c2ccccc2c(-c2ccc3ccccc3c2)c2ccccc12. The maximum Gasteiger partial charge on any atom is -0.00262 e. The monoisotopic (exact) mass is 480 g/mol. The Labute approximate surface area is 222 Å². The Morgan fingerprint density at radius 3 is 1.45 bits per heavy atom. The Hall–Kier alpha value is -4.94. The van der Waals surface area contributed by atoms with Crippen molar-refractivity contribution in [2.75, 3.05) is 0 Å². The molecule has 0 N–H and O–H groups in total. The number of hydrogen-bond donors (Lipinski definition) is 0. The zero-order chi connectivity index (χ0) is 25.1. The van der Waals surface area contributed by atoms with Crippen LogP contribution in [0.15, 0.2) is 140 Å². The highest BCUT2D eigenvalue weighted by Crippen LogP contribution is 2.47. The summed E-state index contributed by atoms with van der Waals surface area (Å²) in [5, 5.41) is 7.67. The van der Waals surface area contributed by atoms with Crippen LogP contribution in [0.2, 0.25) is 0 Å². The first-order chi connectivity index (χ1) is 18.9. The van der Waals surface area contributed by atoms with Gasteiger partial charge in [0.2, 0.25) is 0 Å². The third-order valence-corrected chi connectivity index (χ3v) is 8.02. The number of rotatable bonds is 2. The second-order valence-electron chi connectivity index (χ2n) is 10.1. The van der Waals surface area contributed by atoms with Gasteiger partial charge >= 0.3 is 0 Å². The van der Waals surface area contributed by atoms with Gasteiger partial charge < -0.3 is 0 Å². The molecule has 0 nitrogen and oxygen atoms in total. The zero-order valence-electron chi connectivity index (χ0n) is 20.9. The molecule has 0 heterocycles. The fourth-order valence-corrected chi connectivity index (χ4v) is 6.32. The van der Waals surface area contributed by atoms with Crippen molar-refractivity contribution in [3.63, 3.8) is 0 Å². The Bertz CT molecular complexity index is 1970. The van der Waals surface area contributed by atoms with Crippen molar-refractivity contribution in [2.24, 2.45) is 0 Å². The second-order valence-corrected chi connectivity index (χ2v) is 10.1. The van der Waals surface area contributed by atoms with E-state index in [0.29, 0.717) is 0 Å². The molecule has 0 radical (unpaired) electrons. The van der Waals surface area contributed by atoms with Gasteiger partial charge in [0.25, 0.3) is 0 Å². The molecule has 38 heavy (non-hydrogen) atoms. The van der Waals surface area contributed by atoms with Crippen LogP contribution in [0.3, 0.4) is 0 Å². The van der Waals surface area contributed by atoms with E-state index in [1.54, 1.807) is 0 Å². The molecular weight excluding hydrogens is 456 g/mol. The Kier molecular flexibility index (Phi) is 4.62. The summed E-state index contributed by atoms with van der Waals surface area (Å²) in [7, 11) is 0. The molecular formula is C38H24. The number of hydrogen-bond acceptors (Lipinski definition) is 0. The zero-order valence-corrected chi connectivity index (χ0v) is 20.9. The highest BCUT2D eigenvalue weighted by Gasteiger charge is 2.23. The predicted molar refractivity (Wildman–Crippen MR) is 163 cm³/mol. The molecule has 0 fully saturated rings. The molecule has 176 valence electrons. The third kappa shape index (κ3) is 3.11. The number of benzene rings is 7. The van der Waals surface area contributed by atoms with Crippen LogP contribution in [-0.2, 0) is 0 Å². The molecule has 0 saturated heterocycles. The van der Waals surface area contributed by atoms with E-state index in [9.17, 15) is 0 Å². The molecule has 1 aliphatic carbocycles. The topological polar surface area (TPSA) is 0 Å². The summed E-state index contributed by atoms with van der Waals surface area (Å²) in [6.45, 7) is 0. The number of fused-ring (bicyclic) bond motifs is 6. The minimum absolute atomic E-state index is 1.26. The van der Waals surface area contributed by atoms with Gasteiger partial charge in [-0.05, 0) is 89.0 Å². The largest absolute Gasteiger partial charge is 0.0616 e. The van der Waals surface area contributed by atoms with Gasteiger partial charge in [0.05, 0.1) is 0 Å². The van der Waals surface area contributed by atoms with Crippen molar-refractivity contribution in [1.82, 2.24) is 0 Å². The first-order valence-electron chi connectivity index (χ1n) is 13.2. The predicted octanol–water partition coefficient (Wildman–Crippen LogP) is 10.4. The van der Waals surface area contributed by atoms with E-state index in [1.807, 2.05) is 0 Å². The lowest BCUT2D eigenvalue weighted by Crippen LogP contribution is -1.91. The molecule has 0 atom stereocenters. The summed E-state index contributed by atoms with van der Waals surface area (Å²) >= 11 is 0. The van der Waals surface area contributed by atoms with Gasteiger partial charge in [-0.2, -0.15) is 0 Å². The molecule has 0 spiro atoms. The molecule has 8 rings (SSSR count). The Morgan fingerprint density at radius 2 is 0.842 bits per heavy atom. The lowest BCUT2D eigenvalue weighted by Gasteiger charge is -2.17. The van der Waals surface area contributed by atoms with Crippen LogP contribution >= 0.6 is 0 Å². The van der Waals surface area contributed by atoms with Gasteiger partial charge in [0.1, 0.15) is 0 Å². The molecule has 0 bridgehead atoms. The van der Waals surface area contributed by atoms with Crippen molar-refractivity contribution in [2.45, 2.75) is 0 Å². The van der Waals surface area contributed by atoms with Gasteiger partial charge in [-0.15, -0.1) is 0 Å². The minimum Gasteiger partial charge on any atom is -0.0616 e. The van der Waals surface area contributed by atoms with E-state index in [2.05, 4.69) is 146 Å². The lowest BCUT2D eigenvalue weighted by atomic mass is 9.86. The van der Waals surface area contributed by atoms with Gasteiger partial charge in [0, 0.05) is 0 Å². The highest BCUT2D eigenvalue weighted by atomic mass is 14.3. The van der Waals surface area contributed by atoms with Gasteiger partial charge in [-0.25, -0.2) is 0 Å². The normalized spacial score (nSPS) is 12.2. The maximum absolute atomic E-state index is 2.43. The summed E-state index contributed by atoms with van der Waals surface area (Å²) in [5.74, 6) is 0. The lowest BCUT2D eigenvalue weighted by molar-refractivity contribution is 1.65. The molecule has 7 aromatic rings. The molecule has 7 aromatic carbocycles. The van der Waals surface area contributed by atoms with Crippen LogP contribution in [0.1, 0.15) is 16.7 Å². The van der Waals surface area contributed by atoms with Crippen molar-refractivity contribution >= 4 is 44.0 Å². The summed E-state index contributed by atoms with van der Waals surface area (Å²) in [5.41, 5.74) is 10.4. The van der Waals surface area contributed by atoms with Crippen LogP contribution in [0.5, 0.6) is 0 Å². The van der Waals surface area contributed by atoms with Crippen LogP contribution in [0, 0.1) is 0 Å². The Balaban J connectivity index is 1.47. The third-order valence-electron chi connectivity index (χ3n) is 8.02. The maximum atomic E-state index is 2.43. The average molecular weight is 481 g/mol. The molecule has 0 aromatic heterocycles. The van der Waals surface area contributed by atoms with Gasteiger partial charge in [0.15, 0.2) is 0 Å². The van der Waals surface area contributed by atoms with Crippen LogP contribution < -0.4 is 0 Å². The van der Waals surface area contributed by atoms with E-state index in [4.69, 9.17) is 0 Å². The minimum atomic E-state index is 1.26. The van der Waals surface area contributed by atoms with Crippen molar-refractivity contribution in [3.05, 3.63) is 156 Å². The molecule has 0 aliphatic heterocycles. The molecule has 0 unspecified atom stereocenters. The fourth-order valence-electron chi connectivity index (χ4n) is 6.32. The highest BCUT2D eigenvalue weighted by molar-refractivity contribution is 6.20. The van der Waals surface area contributed by atoms with E-state index < -0.39 is 0 Å². The van der Waals surface area contributed by atoms with Crippen molar-refractivity contribution in [1.29, 1.82) is 0 Å². The standard InChI is InChI=1S/C38H24/c1-2-12-26-23-27(22-21-25(26)11-1)38-34-19-9-7-17-32(34)37(33-18-8-10-20-35(33)38)24-36-30-15-5-3-13-28(30)29-14-4-6-16-31(29)36/h1-24H. The molecule has 0 heteroatoms. The van der Waals surface area contributed by atoms with E-state index in [1.165, 1.54) is 76.8 Å². The summed E-state index contributed by atoms with van der Waals surface area (Å²) < 4.78 is 0. The first-order valence-corrected chi connectivity index (χ1v) is 13.2. The summed E-state index contributed by atoms with van der Waals surface area (Å²) in [6.07, 6.45) is 2.43. The van der Waals surface area contributed by atoms with Crippen LogP contribution in [0.4, 0.5) is 0 Å². The van der Waals surface area contributed by atoms with Crippen LogP contribution in [-0.4, -0.2) is 0 Å². The first kappa shape index (κ1) is 21.2. The molecule has 0 amide bonds.